The van der Waals surface area contributed by atoms with Crippen molar-refractivity contribution in [1.82, 2.24) is 30.9 Å². The molecule has 1 aromatic heterocycles. The lowest BCUT2D eigenvalue weighted by molar-refractivity contribution is -0.119. The molecule has 150 valence electrons. The molecule has 28 heavy (non-hydrogen) atoms. The first kappa shape index (κ1) is 20.6. The highest BCUT2D eigenvalue weighted by molar-refractivity contribution is 7.99. The second-order valence-corrected chi connectivity index (χ2v) is 9.20. The summed E-state index contributed by atoms with van der Waals surface area (Å²) in [4.78, 5) is 12.2. The Balaban J connectivity index is 1.57. The lowest BCUT2D eigenvalue weighted by Gasteiger charge is -2.23. The van der Waals surface area contributed by atoms with Gasteiger partial charge in [0.1, 0.15) is 5.82 Å². The minimum atomic E-state index is -0.176. The van der Waals surface area contributed by atoms with E-state index < -0.39 is 0 Å². The molecule has 0 unspecified atom stereocenters. The Labute approximate surface area is 175 Å². The summed E-state index contributed by atoms with van der Waals surface area (Å²) >= 11 is 6.54. The van der Waals surface area contributed by atoms with E-state index in [1.807, 2.05) is 39.0 Å². The van der Waals surface area contributed by atoms with E-state index in [0.29, 0.717) is 17.6 Å². The zero-order valence-electron chi connectivity index (χ0n) is 16.4. The fourth-order valence-electron chi connectivity index (χ4n) is 2.63. The van der Waals surface area contributed by atoms with Crippen LogP contribution >= 0.6 is 24.0 Å². The summed E-state index contributed by atoms with van der Waals surface area (Å²) in [5, 5.41) is 12.9. The van der Waals surface area contributed by atoms with E-state index in [1.54, 1.807) is 0 Å². The maximum absolute atomic E-state index is 12.2. The Bertz CT molecular complexity index is 827. The maximum Gasteiger partial charge on any atom is 0.248 e. The van der Waals surface area contributed by atoms with Crippen LogP contribution in [0.2, 0.25) is 0 Å². The van der Waals surface area contributed by atoms with Crippen molar-refractivity contribution < 1.29 is 4.79 Å². The molecular formula is C19H26N6OS2. The van der Waals surface area contributed by atoms with Crippen molar-refractivity contribution in [1.29, 1.82) is 0 Å². The number of amides is 1. The van der Waals surface area contributed by atoms with Crippen LogP contribution in [0.5, 0.6) is 0 Å². The largest absolute Gasteiger partial charge is 0.357 e. The number of benzene rings is 1. The van der Waals surface area contributed by atoms with Crippen molar-refractivity contribution in [2.24, 2.45) is 0 Å². The smallest absolute Gasteiger partial charge is 0.248 e. The fraction of sp³-hybridized carbons (Fsp3) is 0.474. The molecule has 0 bridgehead atoms. The number of nitrogens with zero attached hydrogens (tertiary/aromatic N) is 3. The third kappa shape index (κ3) is 6.20. The lowest BCUT2D eigenvalue weighted by Crippen LogP contribution is -2.52. The summed E-state index contributed by atoms with van der Waals surface area (Å²) in [5.41, 5.74) is 6.36. The Kier molecular flexibility index (Phi) is 6.56. The number of hydrazine groups is 1. The van der Waals surface area contributed by atoms with Gasteiger partial charge < -0.3 is 9.88 Å². The van der Waals surface area contributed by atoms with Crippen LogP contribution in [0.3, 0.4) is 0 Å². The molecule has 0 spiro atoms. The van der Waals surface area contributed by atoms with Gasteiger partial charge in [-0.1, -0.05) is 42.1 Å². The van der Waals surface area contributed by atoms with E-state index in [2.05, 4.69) is 43.1 Å². The van der Waals surface area contributed by atoms with Crippen LogP contribution < -0.4 is 16.2 Å². The summed E-state index contributed by atoms with van der Waals surface area (Å²) in [6, 6.07) is 10.2. The van der Waals surface area contributed by atoms with Crippen LogP contribution in [0.1, 0.15) is 50.9 Å². The first-order chi connectivity index (χ1) is 13.3. The predicted molar refractivity (Wildman–Crippen MR) is 115 cm³/mol. The summed E-state index contributed by atoms with van der Waals surface area (Å²) < 4.78 is 2.13. The van der Waals surface area contributed by atoms with Gasteiger partial charge in [-0.3, -0.25) is 15.6 Å². The molecule has 7 nitrogen and oxygen atoms in total. The molecule has 1 aliphatic rings. The highest BCUT2D eigenvalue weighted by Crippen LogP contribution is 2.40. The molecule has 2 aromatic rings. The summed E-state index contributed by atoms with van der Waals surface area (Å²) in [6.07, 6.45) is 2.31. The van der Waals surface area contributed by atoms with Gasteiger partial charge in [-0.2, -0.15) is 0 Å². The fourth-order valence-corrected chi connectivity index (χ4v) is 3.73. The maximum atomic E-state index is 12.2. The van der Waals surface area contributed by atoms with Crippen LogP contribution in [0.4, 0.5) is 0 Å². The van der Waals surface area contributed by atoms with E-state index in [1.165, 1.54) is 17.3 Å². The third-order valence-electron chi connectivity index (χ3n) is 4.01. The van der Waals surface area contributed by atoms with Crippen LogP contribution in [-0.2, 0) is 11.3 Å². The summed E-state index contributed by atoms with van der Waals surface area (Å²) in [7, 11) is 0. The molecular weight excluding hydrogens is 392 g/mol. The zero-order valence-corrected chi connectivity index (χ0v) is 18.0. The standard InChI is InChI=1S/C19H26N6OS2/c1-19(2,3)20-17(27)23-21-15(26)12-28-18-24-22-16(14-9-10-14)25(18)11-13-7-5-4-6-8-13/h4-8,14H,9-12H2,1-3H3,(H,21,26)(H2,20,23,27). The van der Waals surface area contributed by atoms with Gasteiger partial charge in [0.05, 0.1) is 12.3 Å². The van der Waals surface area contributed by atoms with Crippen LogP contribution in [-0.4, -0.2) is 37.1 Å². The minimum absolute atomic E-state index is 0.170. The first-order valence-corrected chi connectivity index (χ1v) is 10.7. The number of aromatic nitrogens is 3. The van der Waals surface area contributed by atoms with Crippen molar-refractivity contribution in [3.8, 4) is 0 Å². The topological polar surface area (TPSA) is 83.9 Å². The monoisotopic (exact) mass is 418 g/mol. The Morgan fingerprint density at radius 2 is 1.93 bits per heavy atom. The lowest BCUT2D eigenvalue weighted by atomic mass is 10.1. The van der Waals surface area contributed by atoms with E-state index in [4.69, 9.17) is 12.2 Å². The van der Waals surface area contributed by atoms with Gasteiger partial charge in [0, 0.05) is 11.5 Å². The normalized spacial score (nSPS) is 13.8. The Morgan fingerprint density at radius 1 is 1.21 bits per heavy atom. The summed E-state index contributed by atoms with van der Waals surface area (Å²) in [6.45, 7) is 6.70. The molecule has 1 aromatic carbocycles. The molecule has 0 atom stereocenters. The molecule has 0 radical (unpaired) electrons. The predicted octanol–water partition coefficient (Wildman–Crippen LogP) is 2.59. The average Bonchev–Trinajstić information content (AvgIpc) is 3.40. The number of nitrogens with one attached hydrogen (secondary N) is 3. The quantitative estimate of drug-likeness (QED) is 0.378. The van der Waals surface area contributed by atoms with Gasteiger partial charge in [0.2, 0.25) is 5.91 Å². The summed E-state index contributed by atoms with van der Waals surface area (Å²) in [5.74, 6) is 1.55. The molecule has 0 aliphatic heterocycles. The SMILES string of the molecule is CC(C)(C)NC(=S)NNC(=O)CSc1nnc(C2CC2)n1Cc1ccccc1. The highest BCUT2D eigenvalue weighted by Gasteiger charge is 2.30. The molecule has 3 N–H and O–H groups in total. The van der Waals surface area contributed by atoms with Gasteiger partial charge in [0.25, 0.3) is 0 Å². The molecule has 9 heteroatoms. The van der Waals surface area contributed by atoms with Crippen molar-refractivity contribution >= 4 is 35.0 Å². The van der Waals surface area contributed by atoms with E-state index >= 15 is 0 Å². The molecule has 1 amide bonds. The van der Waals surface area contributed by atoms with Crippen molar-refractivity contribution in [3.05, 3.63) is 41.7 Å². The third-order valence-corrected chi connectivity index (χ3v) is 5.18. The second kappa shape index (κ2) is 8.91. The number of carbonyl (C=O) groups is 1. The minimum Gasteiger partial charge on any atom is -0.357 e. The van der Waals surface area contributed by atoms with E-state index in [9.17, 15) is 4.79 Å². The average molecular weight is 419 g/mol. The molecule has 1 heterocycles. The van der Waals surface area contributed by atoms with Crippen LogP contribution in [0.15, 0.2) is 35.5 Å². The molecule has 3 rings (SSSR count). The number of thioether (sulfide) groups is 1. The highest BCUT2D eigenvalue weighted by atomic mass is 32.2. The Hall–Kier alpha value is -2.13. The van der Waals surface area contributed by atoms with Crippen LogP contribution in [0, 0.1) is 0 Å². The molecule has 1 aliphatic carbocycles. The second-order valence-electron chi connectivity index (χ2n) is 7.85. The first-order valence-electron chi connectivity index (χ1n) is 9.28. The number of hydrogen-bond acceptors (Lipinski definition) is 5. The van der Waals surface area contributed by atoms with Gasteiger partial charge in [-0.05, 0) is 51.4 Å². The molecule has 1 fully saturated rings. The Morgan fingerprint density at radius 3 is 2.57 bits per heavy atom. The number of rotatable bonds is 6. The van der Waals surface area contributed by atoms with Gasteiger partial charge in [0.15, 0.2) is 10.3 Å². The molecule has 0 saturated heterocycles. The zero-order chi connectivity index (χ0) is 20.1. The molecule has 1 saturated carbocycles. The van der Waals surface area contributed by atoms with Gasteiger partial charge in [-0.25, -0.2) is 0 Å². The van der Waals surface area contributed by atoms with Crippen molar-refractivity contribution in [2.75, 3.05) is 5.75 Å². The van der Waals surface area contributed by atoms with Crippen molar-refractivity contribution in [3.63, 3.8) is 0 Å². The van der Waals surface area contributed by atoms with E-state index in [-0.39, 0.29) is 17.2 Å². The van der Waals surface area contributed by atoms with Gasteiger partial charge >= 0.3 is 0 Å². The van der Waals surface area contributed by atoms with Gasteiger partial charge in [-0.15, -0.1) is 10.2 Å². The number of carbonyl (C=O) groups excluding carboxylic acids is 1. The van der Waals surface area contributed by atoms with Crippen LogP contribution in [0.25, 0.3) is 0 Å². The van der Waals surface area contributed by atoms with E-state index in [0.717, 1.165) is 23.8 Å². The number of hydrogen-bond donors (Lipinski definition) is 3. The van der Waals surface area contributed by atoms with Crippen molar-refractivity contribution in [2.45, 2.75) is 56.8 Å². The number of thiocarbonyl (C=S) groups is 1.